The van der Waals surface area contributed by atoms with Crippen LogP contribution >= 0.6 is 22.9 Å². The Morgan fingerprint density at radius 2 is 1.85 bits per heavy atom. The molecule has 0 saturated heterocycles. The van der Waals surface area contributed by atoms with E-state index in [1.165, 1.54) is 11.3 Å². The van der Waals surface area contributed by atoms with E-state index < -0.39 is 6.04 Å². The number of Topliss-reactive ketones (excluding diaryl/α,β-unsaturated/α-hetero) is 1. The quantitative estimate of drug-likeness (QED) is 0.565. The molecule has 0 N–H and O–H groups in total. The highest BCUT2D eigenvalue weighted by molar-refractivity contribution is 7.07. The maximum atomic E-state index is 13.6. The molecule has 33 heavy (non-hydrogen) atoms. The molecule has 2 heterocycles. The minimum absolute atomic E-state index is 0.0474. The Morgan fingerprint density at radius 1 is 1.12 bits per heavy atom. The third kappa shape index (κ3) is 3.87. The average Bonchev–Trinajstić information content (AvgIpc) is 3.08. The van der Waals surface area contributed by atoms with Gasteiger partial charge in [0.15, 0.2) is 10.6 Å². The lowest BCUT2D eigenvalue weighted by molar-refractivity contribution is -0.118. The van der Waals surface area contributed by atoms with Crippen molar-refractivity contribution >= 4 is 34.8 Å². The first-order valence-electron chi connectivity index (χ1n) is 10.7. The molecule has 0 radical (unpaired) electrons. The lowest BCUT2D eigenvalue weighted by Gasteiger charge is -2.35. The van der Waals surface area contributed by atoms with E-state index >= 15 is 0 Å². The molecule has 5 nitrogen and oxygen atoms in total. The van der Waals surface area contributed by atoms with Crippen LogP contribution in [0, 0.1) is 5.41 Å². The molecule has 168 valence electrons. The molecule has 2 aliphatic rings. The van der Waals surface area contributed by atoms with Gasteiger partial charge < -0.3 is 4.74 Å². The summed E-state index contributed by atoms with van der Waals surface area (Å²) in [5.41, 5.74) is 2.68. The molecule has 5 rings (SSSR count). The number of hydrogen-bond donors (Lipinski definition) is 0. The summed E-state index contributed by atoms with van der Waals surface area (Å²) in [6.45, 7) is 4.17. The first-order valence-corrected chi connectivity index (χ1v) is 11.9. The number of aromatic nitrogens is 1. The smallest absolute Gasteiger partial charge is 0.271 e. The molecule has 0 bridgehead atoms. The standard InChI is InChI=1S/C26H23ClN2O3S/c1-26(2)13-19-22(20(30)14-26)23(15-8-10-17(32-3)11-9-15)29-24(31)21(33-25(29)28-19)12-16-6-4-5-7-18(16)27/h4-12,23H,13-14H2,1-3H3. The van der Waals surface area contributed by atoms with Crippen LogP contribution in [0.1, 0.15) is 43.9 Å². The largest absolute Gasteiger partial charge is 0.497 e. The lowest BCUT2D eigenvalue weighted by atomic mass is 9.73. The van der Waals surface area contributed by atoms with Crippen molar-refractivity contribution in [2.75, 3.05) is 7.11 Å². The molecular formula is C26H23ClN2O3S. The predicted molar refractivity (Wildman–Crippen MR) is 131 cm³/mol. The van der Waals surface area contributed by atoms with Gasteiger partial charge in [-0.2, -0.15) is 0 Å². The average molecular weight is 479 g/mol. The topological polar surface area (TPSA) is 60.7 Å². The predicted octanol–water partition coefficient (Wildman–Crippen LogP) is 4.27. The number of ether oxygens (including phenoxy) is 1. The Hall–Kier alpha value is -2.96. The number of rotatable bonds is 3. The van der Waals surface area contributed by atoms with E-state index in [0.717, 1.165) is 22.6 Å². The van der Waals surface area contributed by atoms with Crippen LogP contribution in [0.15, 0.2) is 69.6 Å². The summed E-state index contributed by atoms with van der Waals surface area (Å²) in [5.74, 6) is 0.765. The second-order valence-corrected chi connectivity index (χ2v) is 10.6. The third-order valence-electron chi connectivity index (χ3n) is 6.12. The number of halogens is 1. The Labute approximate surface area is 200 Å². The zero-order chi connectivity index (χ0) is 23.3. The molecule has 1 atom stereocenters. The molecule has 0 amide bonds. The number of thiazole rings is 1. The minimum atomic E-state index is -0.515. The summed E-state index contributed by atoms with van der Waals surface area (Å²) in [6, 6.07) is 14.4. The molecule has 1 aromatic heterocycles. The highest BCUT2D eigenvalue weighted by Crippen LogP contribution is 2.43. The van der Waals surface area contributed by atoms with Gasteiger partial charge in [-0.3, -0.25) is 14.2 Å². The molecule has 2 aromatic carbocycles. The third-order valence-corrected chi connectivity index (χ3v) is 7.45. The normalized spacial score (nSPS) is 19.7. The molecule has 1 unspecified atom stereocenters. The summed E-state index contributed by atoms with van der Waals surface area (Å²) in [6.07, 6.45) is 2.92. The summed E-state index contributed by atoms with van der Waals surface area (Å²) in [5, 5.41) is 0.575. The van der Waals surface area contributed by atoms with E-state index in [1.807, 2.05) is 42.5 Å². The van der Waals surface area contributed by atoms with Gasteiger partial charge in [-0.15, -0.1) is 0 Å². The van der Waals surface area contributed by atoms with Crippen molar-refractivity contribution in [1.82, 2.24) is 4.57 Å². The number of benzene rings is 2. The molecule has 1 aliphatic heterocycles. The Kier molecular flexibility index (Phi) is 5.38. The molecule has 1 aliphatic carbocycles. The van der Waals surface area contributed by atoms with Gasteiger partial charge in [0.2, 0.25) is 0 Å². The number of nitrogens with zero attached hydrogens (tertiary/aromatic N) is 2. The van der Waals surface area contributed by atoms with Crippen LogP contribution < -0.4 is 19.6 Å². The number of fused-ring (bicyclic) bond motifs is 1. The minimum Gasteiger partial charge on any atom is -0.497 e. The van der Waals surface area contributed by atoms with Crippen molar-refractivity contribution in [1.29, 1.82) is 0 Å². The Balaban J connectivity index is 1.77. The van der Waals surface area contributed by atoms with Crippen LogP contribution in [0.5, 0.6) is 5.75 Å². The van der Waals surface area contributed by atoms with Gasteiger partial charge >= 0.3 is 0 Å². The number of carbonyl (C=O) groups excluding carboxylic acids is 1. The van der Waals surface area contributed by atoms with Gasteiger partial charge in [0.05, 0.1) is 23.4 Å². The van der Waals surface area contributed by atoms with Crippen molar-refractivity contribution in [2.45, 2.75) is 32.7 Å². The van der Waals surface area contributed by atoms with E-state index in [-0.39, 0.29) is 16.8 Å². The van der Waals surface area contributed by atoms with Crippen LogP contribution in [-0.2, 0) is 4.79 Å². The highest BCUT2D eigenvalue weighted by atomic mass is 35.5. The van der Waals surface area contributed by atoms with E-state index in [0.29, 0.717) is 32.8 Å². The van der Waals surface area contributed by atoms with E-state index in [2.05, 4.69) is 13.8 Å². The maximum absolute atomic E-state index is 13.6. The van der Waals surface area contributed by atoms with Crippen molar-refractivity contribution in [2.24, 2.45) is 10.4 Å². The van der Waals surface area contributed by atoms with Gasteiger partial charge in [-0.25, -0.2) is 4.99 Å². The molecule has 0 fully saturated rings. The number of ketones is 1. The molecule has 7 heteroatoms. The summed E-state index contributed by atoms with van der Waals surface area (Å²) < 4.78 is 7.50. The SMILES string of the molecule is COc1ccc(C2C3=C(CC(C)(C)CC3=O)N=c3sc(=Cc4ccccc4Cl)c(=O)n32)cc1. The number of methoxy groups -OCH3 is 1. The maximum Gasteiger partial charge on any atom is 0.271 e. The van der Waals surface area contributed by atoms with Crippen LogP contribution in [0.3, 0.4) is 0 Å². The van der Waals surface area contributed by atoms with E-state index in [1.54, 1.807) is 23.8 Å². The van der Waals surface area contributed by atoms with Gasteiger partial charge in [-0.1, -0.05) is 67.1 Å². The highest BCUT2D eigenvalue weighted by Gasteiger charge is 2.40. The van der Waals surface area contributed by atoms with Gasteiger partial charge in [0.25, 0.3) is 5.56 Å². The first-order chi connectivity index (χ1) is 15.8. The van der Waals surface area contributed by atoms with Crippen molar-refractivity contribution in [3.05, 3.63) is 95.6 Å². The zero-order valence-corrected chi connectivity index (χ0v) is 20.2. The molecule has 0 saturated carbocycles. The monoisotopic (exact) mass is 478 g/mol. The van der Waals surface area contributed by atoms with Crippen LogP contribution in [0.2, 0.25) is 5.02 Å². The van der Waals surface area contributed by atoms with Gasteiger partial charge in [-0.05, 0) is 47.2 Å². The van der Waals surface area contributed by atoms with Gasteiger partial charge in [0, 0.05) is 17.0 Å². The van der Waals surface area contributed by atoms with E-state index in [4.69, 9.17) is 21.3 Å². The van der Waals surface area contributed by atoms with Crippen LogP contribution in [-0.4, -0.2) is 17.5 Å². The van der Waals surface area contributed by atoms with E-state index in [9.17, 15) is 9.59 Å². The fourth-order valence-electron chi connectivity index (χ4n) is 4.58. The first kappa shape index (κ1) is 21.9. The van der Waals surface area contributed by atoms with Crippen molar-refractivity contribution in [3.63, 3.8) is 0 Å². The molecule has 0 spiro atoms. The number of hydrogen-bond acceptors (Lipinski definition) is 5. The summed E-state index contributed by atoms with van der Waals surface area (Å²) in [7, 11) is 1.61. The number of carbonyl (C=O) groups is 1. The molecular weight excluding hydrogens is 456 g/mol. The second kappa shape index (κ2) is 8.12. The Bertz CT molecular complexity index is 1480. The Morgan fingerprint density at radius 3 is 2.55 bits per heavy atom. The second-order valence-electron chi connectivity index (χ2n) is 9.18. The number of allylic oxidation sites excluding steroid dienone is 2. The van der Waals surface area contributed by atoms with Crippen molar-refractivity contribution < 1.29 is 9.53 Å². The fraction of sp³-hybridized carbons (Fsp3) is 0.269. The van der Waals surface area contributed by atoms with Crippen LogP contribution in [0.4, 0.5) is 0 Å². The summed E-state index contributed by atoms with van der Waals surface area (Å²) >= 11 is 7.66. The summed E-state index contributed by atoms with van der Waals surface area (Å²) in [4.78, 5) is 32.4. The fourth-order valence-corrected chi connectivity index (χ4v) is 5.79. The lowest BCUT2D eigenvalue weighted by Crippen LogP contribution is -2.42. The van der Waals surface area contributed by atoms with Gasteiger partial charge in [0.1, 0.15) is 5.75 Å². The van der Waals surface area contributed by atoms with Crippen LogP contribution in [0.25, 0.3) is 6.08 Å². The van der Waals surface area contributed by atoms with Crippen molar-refractivity contribution in [3.8, 4) is 5.75 Å². The zero-order valence-electron chi connectivity index (χ0n) is 18.6. The molecule has 3 aromatic rings.